The first-order valence-corrected chi connectivity index (χ1v) is 8.64. The quantitative estimate of drug-likeness (QED) is 0.935. The average Bonchev–Trinajstić information content (AvgIpc) is 3.04. The lowest BCUT2D eigenvalue weighted by atomic mass is 9.94. The molecule has 1 N–H and O–H groups in total. The summed E-state index contributed by atoms with van der Waals surface area (Å²) in [6, 6.07) is 13.3. The Labute approximate surface area is 147 Å². The summed E-state index contributed by atoms with van der Waals surface area (Å²) in [5, 5.41) is 3.06. The van der Waals surface area contributed by atoms with E-state index < -0.39 is 0 Å². The Balaban J connectivity index is 1.40. The smallest absolute Gasteiger partial charge is 0.247 e. The number of carbonyl (C=O) groups is 1. The number of carbonyl (C=O) groups excluding carboxylic acids is 1. The zero-order chi connectivity index (χ0) is 17.4. The number of fused-ring (bicyclic) bond motifs is 2. The molecule has 1 aliphatic carbocycles. The van der Waals surface area contributed by atoms with Gasteiger partial charge >= 0.3 is 0 Å². The molecule has 0 spiro atoms. The Morgan fingerprint density at radius 2 is 2.04 bits per heavy atom. The lowest BCUT2D eigenvalue weighted by Crippen LogP contribution is -2.45. The van der Waals surface area contributed by atoms with Crippen LogP contribution in [0.1, 0.15) is 22.3 Å². The van der Waals surface area contributed by atoms with Gasteiger partial charge in [0, 0.05) is 31.1 Å². The van der Waals surface area contributed by atoms with Crippen LogP contribution in [0.15, 0.2) is 48.0 Å². The SMILES string of the molecule is CN1Cc2ccc(F)cc2C[C@@H]1CNC(=O)C1=Cc2ccccc2C1. The molecular formula is C21H21FN2O. The van der Waals surface area contributed by atoms with Gasteiger partial charge in [-0.25, -0.2) is 4.39 Å². The predicted octanol–water partition coefficient (Wildman–Crippen LogP) is 2.94. The third kappa shape index (κ3) is 3.22. The monoisotopic (exact) mass is 336 g/mol. The van der Waals surface area contributed by atoms with E-state index >= 15 is 0 Å². The number of likely N-dealkylation sites (N-methyl/N-ethyl adjacent to an activating group) is 1. The van der Waals surface area contributed by atoms with Gasteiger partial charge in [-0.1, -0.05) is 30.3 Å². The molecule has 0 radical (unpaired) electrons. The normalized spacial score (nSPS) is 19.1. The molecule has 0 bridgehead atoms. The maximum atomic E-state index is 13.5. The van der Waals surface area contributed by atoms with Gasteiger partial charge in [0.05, 0.1) is 0 Å². The van der Waals surface area contributed by atoms with E-state index in [1.54, 1.807) is 6.07 Å². The van der Waals surface area contributed by atoms with Gasteiger partial charge in [0.25, 0.3) is 0 Å². The predicted molar refractivity (Wildman–Crippen MR) is 96.5 cm³/mol. The largest absolute Gasteiger partial charge is 0.351 e. The first kappa shape index (κ1) is 16.0. The van der Waals surface area contributed by atoms with Crippen LogP contribution in [0.25, 0.3) is 6.08 Å². The number of nitrogens with zero attached hydrogens (tertiary/aromatic N) is 1. The molecule has 0 unspecified atom stereocenters. The van der Waals surface area contributed by atoms with Gasteiger partial charge < -0.3 is 5.32 Å². The van der Waals surface area contributed by atoms with Crippen LogP contribution in [-0.4, -0.2) is 30.4 Å². The van der Waals surface area contributed by atoms with Crippen LogP contribution >= 0.6 is 0 Å². The number of hydrogen-bond donors (Lipinski definition) is 1. The van der Waals surface area contributed by atoms with E-state index in [0.29, 0.717) is 13.0 Å². The zero-order valence-corrected chi connectivity index (χ0v) is 14.3. The van der Waals surface area contributed by atoms with Crippen LogP contribution in [0.4, 0.5) is 4.39 Å². The number of rotatable bonds is 3. The Hall–Kier alpha value is -2.46. The average molecular weight is 336 g/mol. The van der Waals surface area contributed by atoms with Crippen LogP contribution in [-0.2, 0) is 24.2 Å². The van der Waals surface area contributed by atoms with E-state index in [1.165, 1.54) is 17.2 Å². The summed E-state index contributed by atoms with van der Waals surface area (Å²) in [6.07, 6.45) is 3.42. The van der Waals surface area contributed by atoms with E-state index in [4.69, 9.17) is 0 Å². The third-order valence-corrected chi connectivity index (χ3v) is 5.22. The standard InChI is InChI=1S/C21H21FN2O/c1-24-13-16-6-7-19(22)10-17(16)11-20(24)12-23-21(25)18-8-14-4-2-3-5-15(14)9-18/h2-8,10,20H,9,11-13H2,1H3,(H,23,25)/t20-/m1/s1. The van der Waals surface area contributed by atoms with Crippen molar-refractivity contribution in [1.82, 2.24) is 10.2 Å². The Kier molecular flexibility index (Phi) is 4.14. The molecule has 2 aromatic rings. The lowest BCUT2D eigenvalue weighted by molar-refractivity contribution is -0.117. The Morgan fingerprint density at radius 1 is 1.20 bits per heavy atom. The molecule has 2 aliphatic rings. The van der Waals surface area contributed by atoms with E-state index in [0.717, 1.165) is 29.7 Å². The third-order valence-electron chi connectivity index (χ3n) is 5.22. The summed E-state index contributed by atoms with van der Waals surface area (Å²) < 4.78 is 13.5. The highest BCUT2D eigenvalue weighted by atomic mass is 19.1. The molecule has 1 heterocycles. The van der Waals surface area contributed by atoms with E-state index in [9.17, 15) is 9.18 Å². The van der Waals surface area contributed by atoms with Crippen LogP contribution in [0, 0.1) is 5.82 Å². The van der Waals surface area contributed by atoms with Crippen molar-refractivity contribution >= 4 is 12.0 Å². The second kappa shape index (κ2) is 6.45. The molecular weight excluding hydrogens is 315 g/mol. The molecule has 1 aliphatic heterocycles. The van der Waals surface area contributed by atoms with Gasteiger partial charge in [0.2, 0.25) is 5.91 Å². The van der Waals surface area contributed by atoms with Crippen molar-refractivity contribution < 1.29 is 9.18 Å². The maximum Gasteiger partial charge on any atom is 0.247 e. The highest BCUT2D eigenvalue weighted by molar-refractivity contribution is 6.00. The number of benzene rings is 2. The topological polar surface area (TPSA) is 32.3 Å². The van der Waals surface area contributed by atoms with Gasteiger partial charge in [0.15, 0.2) is 0 Å². The number of amides is 1. The summed E-state index contributed by atoms with van der Waals surface area (Å²) in [5.41, 5.74) is 5.36. The van der Waals surface area contributed by atoms with Crippen molar-refractivity contribution in [2.24, 2.45) is 0 Å². The lowest BCUT2D eigenvalue weighted by Gasteiger charge is -2.34. The summed E-state index contributed by atoms with van der Waals surface area (Å²) in [4.78, 5) is 14.7. The van der Waals surface area contributed by atoms with Crippen molar-refractivity contribution in [1.29, 1.82) is 0 Å². The minimum absolute atomic E-state index is 0.00496. The highest BCUT2D eigenvalue weighted by Crippen LogP contribution is 2.25. The fraction of sp³-hybridized carbons (Fsp3) is 0.286. The van der Waals surface area contributed by atoms with Crippen LogP contribution < -0.4 is 5.32 Å². The van der Waals surface area contributed by atoms with Crippen molar-refractivity contribution in [3.8, 4) is 0 Å². The van der Waals surface area contributed by atoms with Gasteiger partial charge in [-0.05, 0) is 53.9 Å². The molecule has 0 fully saturated rings. The maximum absolute atomic E-state index is 13.5. The molecule has 2 aromatic carbocycles. The molecule has 1 atom stereocenters. The second-order valence-corrected chi connectivity index (χ2v) is 6.94. The molecule has 25 heavy (non-hydrogen) atoms. The zero-order valence-electron chi connectivity index (χ0n) is 14.3. The van der Waals surface area contributed by atoms with Crippen molar-refractivity contribution in [2.45, 2.75) is 25.4 Å². The van der Waals surface area contributed by atoms with Crippen LogP contribution in [0.3, 0.4) is 0 Å². The molecule has 1 amide bonds. The first-order valence-electron chi connectivity index (χ1n) is 8.64. The van der Waals surface area contributed by atoms with Crippen LogP contribution in [0.5, 0.6) is 0 Å². The van der Waals surface area contributed by atoms with Crippen molar-refractivity contribution in [3.63, 3.8) is 0 Å². The molecule has 0 saturated heterocycles. The van der Waals surface area contributed by atoms with Crippen molar-refractivity contribution in [2.75, 3.05) is 13.6 Å². The van der Waals surface area contributed by atoms with Gasteiger partial charge in [-0.2, -0.15) is 0 Å². The van der Waals surface area contributed by atoms with Gasteiger partial charge in [0.1, 0.15) is 5.82 Å². The fourth-order valence-corrected chi connectivity index (χ4v) is 3.72. The summed E-state index contributed by atoms with van der Waals surface area (Å²) in [6.45, 7) is 1.35. The first-order chi connectivity index (χ1) is 12.1. The highest BCUT2D eigenvalue weighted by Gasteiger charge is 2.25. The van der Waals surface area contributed by atoms with Gasteiger partial charge in [-0.3, -0.25) is 9.69 Å². The van der Waals surface area contributed by atoms with Gasteiger partial charge in [-0.15, -0.1) is 0 Å². The molecule has 4 rings (SSSR count). The van der Waals surface area contributed by atoms with E-state index in [-0.39, 0.29) is 17.8 Å². The second-order valence-electron chi connectivity index (χ2n) is 6.94. The molecule has 0 aromatic heterocycles. The minimum Gasteiger partial charge on any atom is -0.351 e. The fourth-order valence-electron chi connectivity index (χ4n) is 3.72. The molecule has 0 saturated carbocycles. The Bertz CT molecular complexity index is 859. The van der Waals surface area contributed by atoms with Crippen LogP contribution in [0.2, 0.25) is 0 Å². The summed E-state index contributed by atoms with van der Waals surface area (Å²) in [7, 11) is 2.05. The number of halogens is 1. The summed E-state index contributed by atoms with van der Waals surface area (Å²) in [5.74, 6) is -0.199. The number of hydrogen-bond acceptors (Lipinski definition) is 2. The number of nitrogens with one attached hydrogen (secondary N) is 1. The summed E-state index contributed by atoms with van der Waals surface area (Å²) >= 11 is 0. The van der Waals surface area contributed by atoms with E-state index in [1.807, 2.05) is 37.4 Å². The molecule has 4 heteroatoms. The minimum atomic E-state index is -0.194. The Morgan fingerprint density at radius 3 is 2.88 bits per heavy atom. The van der Waals surface area contributed by atoms with E-state index in [2.05, 4.69) is 16.3 Å². The molecule has 128 valence electrons. The molecule has 3 nitrogen and oxygen atoms in total. The van der Waals surface area contributed by atoms with Crippen molar-refractivity contribution in [3.05, 3.63) is 76.1 Å².